The normalized spacial score (nSPS) is 21.7. The monoisotopic (exact) mass is 470 g/mol. The second-order valence-electron chi connectivity index (χ2n) is 6.25. The molecular formula is C20H15BrF4N2O2. The maximum absolute atomic E-state index is 14.3. The number of ether oxygens (including phenoxy) is 1. The average Bonchev–Trinajstić information content (AvgIpc) is 2.67. The number of carbonyl (C=O) groups excluding carboxylic acids is 1. The number of amides is 1. The third-order valence-corrected chi connectivity index (χ3v) is 5.36. The molecule has 29 heavy (non-hydrogen) atoms. The zero-order chi connectivity index (χ0) is 21.3. The molecule has 0 saturated heterocycles. The third kappa shape index (κ3) is 3.78. The standard InChI is InChI=1S/C20H15BrF4N2O2/c1-3-20(21)18(29-10-12-7-8-13(22)9-16(12)25)26-11(2)27(19(20)28)17-14(23)5-4-6-15(17)24/h3-9,11H,1,10H2,2H3. The summed E-state index contributed by atoms with van der Waals surface area (Å²) in [5.74, 6) is -4.38. The van der Waals surface area contributed by atoms with Crippen LogP contribution in [0.25, 0.3) is 0 Å². The van der Waals surface area contributed by atoms with Crippen LogP contribution in [0.2, 0.25) is 0 Å². The van der Waals surface area contributed by atoms with Gasteiger partial charge in [0.2, 0.25) is 5.90 Å². The van der Waals surface area contributed by atoms with Gasteiger partial charge in [-0.3, -0.25) is 9.69 Å². The SMILES string of the molecule is C=CC1(Br)C(=O)N(c2c(F)cccc2F)C(C)N=C1OCc1ccc(F)cc1F. The number of para-hydroxylation sites is 1. The Morgan fingerprint density at radius 2 is 1.86 bits per heavy atom. The molecule has 1 aliphatic heterocycles. The van der Waals surface area contributed by atoms with Gasteiger partial charge in [0, 0.05) is 11.6 Å². The van der Waals surface area contributed by atoms with Crippen LogP contribution in [0.15, 0.2) is 54.0 Å². The van der Waals surface area contributed by atoms with Gasteiger partial charge in [0.25, 0.3) is 5.91 Å². The van der Waals surface area contributed by atoms with Crippen LogP contribution in [0.5, 0.6) is 0 Å². The second-order valence-corrected chi connectivity index (χ2v) is 7.50. The van der Waals surface area contributed by atoms with Crippen LogP contribution in [0.3, 0.4) is 0 Å². The van der Waals surface area contributed by atoms with Crippen LogP contribution in [-0.4, -0.2) is 22.3 Å². The Bertz CT molecular complexity index is 994. The first-order valence-electron chi connectivity index (χ1n) is 8.44. The van der Waals surface area contributed by atoms with Crippen molar-refractivity contribution in [3.63, 3.8) is 0 Å². The summed E-state index contributed by atoms with van der Waals surface area (Å²) in [5.41, 5.74) is -0.515. The quantitative estimate of drug-likeness (QED) is 0.363. The molecule has 2 unspecified atom stereocenters. The molecule has 0 aromatic heterocycles. The summed E-state index contributed by atoms with van der Waals surface area (Å²) >= 11 is 3.18. The van der Waals surface area contributed by atoms with Crippen LogP contribution < -0.4 is 4.90 Å². The van der Waals surface area contributed by atoms with Gasteiger partial charge in [0.1, 0.15) is 41.7 Å². The van der Waals surface area contributed by atoms with Crippen molar-refractivity contribution >= 4 is 33.4 Å². The van der Waals surface area contributed by atoms with E-state index in [1.165, 1.54) is 19.1 Å². The molecule has 152 valence electrons. The number of aliphatic imine (C=N–C) groups is 1. The highest BCUT2D eigenvalue weighted by Crippen LogP contribution is 2.36. The molecule has 2 atom stereocenters. The van der Waals surface area contributed by atoms with E-state index in [1.54, 1.807) is 0 Å². The fourth-order valence-corrected chi connectivity index (χ4v) is 3.28. The molecule has 3 rings (SSSR count). The van der Waals surface area contributed by atoms with Crippen molar-refractivity contribution in [3.8, 4) is 0 Å². The van der Waals surface area contributed by atoms with Crippen molar-refractivity contribution in [3.05, 3.63) is 77.9 Å². The molecule has 0 fully saturated rings. The van der Waals surface area contributed by atoms with Crippen molar-refractivity contribution in [2.75, 3.05) is 4.90 Å². The van der Waals surface area contributed by atoms with E-state index in [-0.39, 0.29) is 18.1 Å². The lowest BCUT2D eigenvalue weighted by atomic mass is 10.0. The summed E-state index contributed by atoms with van der Waals surface area (Å²) in [6.07, 6.45) is 0.139. The van der Waals surface area contributed by atoms with Gasteiger partial charge in [-0.15, -0.1) is 6.58 Å². The molecule has 0 spiro atoms. The zero-order valence-electron chi connectivity index (χ0n) is 15.1. The lowest BCUT2D eigenvalue weighted by Crippen LogP contribution is -2.57. The van der Waals surface area contributed by atoms with E-state index >= 15 is 0 Å². The first kappa shape index (κ1) is 21.0. The number of nitrogens with zero attached hydrogens (tertiary/aromatic N) is 2. The van der Waals surface area contributed by atoms with E-state index in [2.05, 4.69) is 27.5 Å². The zero-order valence-corrected chi connectivity index (χ0v) is 16.7. The van der Waals surface area contributed by atoms with Crippen molar-refractivity contribution < 1.29 is 27.1 Å². The number of anilines is 1. The minimum atomic E-state index is -1.73. The Hall–Kier alpha value is -2.68. The maximum Gasteiger partial charge on any atom is 0.259 e. The molecule has 0 bridgehead atoms. The smallest absolute Gasteiger partial charge is 0.259 e. The largest absolute Gasteiger partial charge is 0.474 e. The van der Waals surface area contributed by atoms with Gasteiger partial charge >= 0.3 is 0 Å². The topological polar surface area (TPSA) is 41.9 Å². The molecule has 9 heteroatoms. The van der Waals surface area contributed by atoms with Gasteiger partial charge in [-0.05, 0) is 31.2 Å². The third-order valence-electron chi connectivity index (χ3n) is 4.36. The Balaban J connectivity index is 1.97. The lowest BCUT2D eigenvalue weighted by Gasteiger charge is -2.38. The molecule has 0 radical (unpaired) electrons. The van der Waals surface area contributed by atoms with E-state index in [4.69, 9.17) is 4.74 Å². The minimum absolute atomic E-state index is 0.0377. The number of alkyl halides is 1. The van der Waals surface area contributed by atoms with Gasteiger partial charge in [-0.25, -0.2) is 22.6 Å². The van der Waals surface area contributed by atoms with Crippen molar-refractivity contribution in [2.24, 2.45) is 4.99 Å². The van der Waals surface area contributed by atoms with Gasteiger partial charge < -0.3 is 4.74 Å². The number of halogens is 5. The highest BCUT2D eigenvalue weighted by Gasteiger charge is 2.49. The van der Waals surface area contributed by atoms with E-state index in [0.29, 0.717) is 6.07 Å². The molecule has 4 nitrogen and oxygen atoms in total. The van der Waals surface area contributed by atoms with Crippen LogP contribution in [0, 0.1) is 23.3 Å². The van der Waals surface area contributed by atoms with E-state index < -0.39 is 45.4 Å². The molecule has 1 amide bonds. The van der Waals surface area contributed by atoms with Gasteiger partial charge in [0.15, 0.2) is 4.32 Å². The predicted octanol–water partition coefficient (Wildman–Crippen LogP) is 4.87. The molecule has 0 saturated carbocycles. The predicted molar refractivity (Wildman–Crippen MR) is 104 cm³/mol. The minimum Gasteiger partial charge on any atom is -0.474 e. The molecule has 0 aliphatic carbocycles. The van der Waals surface area contributed by atoms with Crippen LogP contribution in [0.1, 0.15) is 12.5 Å². The Morgan fingerprint density at radius 1 is 1.21 bits per heavy atom. The number of rotatable bonds is 4. The first-order chi connectivity index (χ1) is 13.7. The maximum atomic E-state index is 14.3. The molecular weight excluding hydrogens is 456 g/mol. The van der Waals surface area contributed by atoms with Crippen LogP contribution in [-0.2, 0) is 16.1 Å². The number of hydrogen-bond acceptors (Lipinski definition) is 3. The first-order valence-corrected chi connectivity index (χ1v) is 9.23. The number of hydrogen-bond donors (Lipinski definition) is 0. The van der Waals surface area contributed by atoms with Crippen molar-refractivity contribution in [1.82, 2.24) is 0 Å². The summed E-state index contributed by atoms with van der Waals surface area (Å²) in [5, 5.41) is 0. The van der Waals surface area contributed by atoms with Crippen LogP contribution in [0.4, 0.5) is 23.2 Å². The summed E-state index contributed by atoms with van der Waals surface area (Å²) in [7, 11) is 0. The van der Waals surface area contributed by atoms with Gasteiger partial charge in [-0.2, -0.15) is 0 Å². The molecule has 1 heterocycles. The highest BCUT2D eigenvalue weighted by molar-refractivity contribution is 9.10. The van der Waals surface area contributed by atoms with Crippen molar-refractivity contribution in [1.29, 1.82) is 0 Å². The summed E-state index contributed by atoms with van der Waals surface area (Å²) in [4.78, 5) is 18.2. The van der Waals surface area contributed by atoms with Gasteiger partial charge in [-0.1, -0.05) is 28.1 Å². The Morgan fingerprint density at radius 3 is 2.45 bits per heavy atom. The number of benzene rings is 2. The van der Waals surface area contributed by atoms with E-state index in [1.807, 2.05) is 0 Å². The molecule has 2 aromatic rings. The number of carbonyl (C=O) groups is 1. The van der Waals surface area contributed by atoms with E-state index in [0.717, 1.165) is 29.2 Å². The summed E-state index contributed by atoms with van der Waals surface area (Å²) in [6.45, 7) is 4.67. The highest BCUT2D eigenvalue weighted by atomic mass is 79.9. The van der Waals surface area contributed by atoms with Gasteiger partial charge in [0.05, 0.1) is 0 Å². The fourth-order valence-electron chi connectivity index (χ4n) is 2.87. The summed E-state index contributed by atoms with van der Waals surface area (Å²) in [6, 6.07) is 6.19. The summed E-state index contributed by atoms with van der Waals surface area (Å²) < 4.78 is 59.2. The lowest BCUT2D eigenvalue weighted by molar-refractivity contribution is -0.119. The Kier molecular flexibility index (Phi) is 5.79. The fraction of sp³-hybridized carbons (Fsp3) is 0.200. The van der Waals surface area contributed by atoms with Crippen molar-refractivity contribution in [2.45, 2.75) is 24.0 Å². The molecule has 0 N–H and O–H groups in total. The Labute approximate surface area is 172 Å². The molecule has 2 aromatic carbocycles. The van der Waals surface area contributed by atoms with E-state index in [9.17, 15) is 22.4 Å². The molecule has 1 aliphatic rings. The van der Waals surface area contributed by atoms with Crippen LogP contribution >= 0.6 is 15.9 Å². The second kappa shape index (κ2) is 7.98. The average molecular weight is 471 g/mol.